The maximum absolute atomic E-state index is 14.3. The van der Waals surface area contributed by atoms with Gasteiger partial charge in [-0.05, 0) is 36.2 Å². The van der Waals surface area contributed by atoms with Gasteiger partial charge in [-0.15, -0.1) is 0 Å². The van der Waals surface area contributed by atoms with Gasteiger partial charge in [-0.2, -0.15) is 0 Å². The first kappa shape index (κ1) is 19.1. The average molecular weight is 395 g/mol. The first-order valence-electron chi connectivity index (χ1n) is 9.63. The smallest absolute Gasteiger partial charge is 0.127 e. The van der Waals surface area contributed by atoms with Crippen LogP contribution >= 0.6 is 11.6 Å². The minimum absolute atomic E-state index is 0.0691. The van der Waals surface area contributed by atoms with Crippen LogP contribution in [0.15, 0.2) is 72.8 Å². The normalized spacial score (nSPS) is 17.9. The van der Waals surface area contributed by atoms with Crippen LogP contribution in [-0.4, -0.2) is 22.9 Å². The van der Waals surface area contributed by atoms with Gasteiger partial charge in [0.05, 0.1) is 6.17 Å². The summed E-state index contributed by atoms with van der Waals surface area (Å²) in [5.74, 6) is -0.149. The maximum atomic E-state index is 14.3. The standard InChI is InChI=1S/C24H24ClFN2/c1-18-9-11-19(12-10-18)16-27-13-14-28(17-21-5-2-3-8-23(21)26)24(27)20-6-4-7-22(25)15-20/h2-12,15,24H,13-14,16-17H2,1H3/t24-/m0/s1. The monoisotopic (exact) mass is 394 g/mol. The molecule has 144 valence electrons. The van der Waals surface area contributed by atoms with E-state index in [-0.39, 0.29) is 12.0 Å². The number of rotatable bonds is 5. The molecule has 1 atom stereocenters. The predicted molar refractivity (Wildman–Crippen MR) is 113 cm³/mol. The van der Waals surface area contributed by atoms with Crippen LogP contribution in [0.2, 0.25) is 5.02 Å². The van der Waals surface area contributed by atoms with Crippen LogP contribution in [0.1, 0.15) is 28.4 Å². The lowest BCUT2D eigenvalue weighted by atomic mass is 10.1. The van der Waals surface area contributed by atoms with Crippen molar-refractivity contribution in [2.75, 3.05) is 13.1 Å². The summed E-state index contributed by atoms with van der Waals surface area (Å²) in [6.45, 7) is 5.35. The molecule has 0 aliphatic carbocycles. The molecule has 1 fully saturated rings. The number of halogens is 2. The molecular formula is C24H24ClFN2. The third-order valence-corrected chi connectivity index (χ3v) is 5.59. The zero-order valence-corrected chi connectivity index (χ0v) is 16.7. The Bertz CT molecular complexity index is 941. The van der Waals surface area contributed by atoms with Gasteiger partial charge in [-0.25, -0.2) is 4.39 Å². The fourth-order valence-corrected chi connectivity index (χ4v) is 4.12. The van der Waals surface area contributed by atoms with Crippen molar-refractivity contribution in [3.63, 3.8) is 0 Å². The van der Waals surface area contributed by atoms with Crippen molar-refractivity contribution >= 4 is 11.6 Å². The van der Waals surface area contributed by atoms with Crippen LogP contribution in [0, 0.1) is 12.7 Å². The molecule has 1 saturated heterocycles. The molecule has 1 aliphatic heterocycles. The lowest BCUT2D eigenvalue weighted by Gasteiger charge is -2.31. The molecule has 0 bridgehead atoms. The van der Waals surface area contributed by atoms with Gasteiger partial charge < -0.3 is 0 Å². The topological polar surface area (TPSA) is 6.48 Å². The van der Waals surface area contributed by atoms with Crippen LogP contribution in [-0.2, 0) is 13.1 Å². The van der Waals surface area contributed by atoms with Crippen molar-refractivity contribution in [3.05, 3.63) is 106 Å². The Morgan fingerprint density at radius 2 is 1.61 bits per heavy atom. The van der Waals surface area contributed by atoms with Gasteiger partial charge in [-0.3, -0.25) is 9.80 Å². The van der Waals surface area contributed by atoms with Crippen LogP contribution < -0.4 is 0 Å². The van der Waals surface area contributed by atoms with Gasteiger partial charge in [0.15, 0.2) is 0 Å². The molecule has 0 aromatic heterocycles. The van der Waals surface area contributed by atoms with E-state index in [0.29, 0.717) is 6.54 Å². The van der Waals surface area contributed by atoms with Gasteiger partial charge in [-0.1, -0.05) is 71.8 Å². The third kappa shape index (κ3) is 4.27. The van der Waals surface area contributed by atoms with Gasteiger partial charge in [0.2, 0.25) is 0 Å². The van der Waals surface area contributed by atoms with Crippen molar-refractivity contribution in [1.82, 2.24) is 9.80 Å². The summed E-state index contributed by atoms with van der Waals surface area (Å²) in [7, 11) is 0. The van der Waals surface area contributed by atoms with Crippen molar-refractivity contribution in [3.8, 4) is 0 Å². The Balaban J connectivity index is 1.62. The summed E-state index contributed by atoms with van der Waals surface area (Å²) < 4.78 is 14.3. The van der Waals surface area contributed by atoms with E-state index in [4.69, 9.17) is 11.6 Å². The summed E-state index contributed by atoms with van der Waals surface area (Å²) in [6.07, 6.45) is 0.0691. The Morgan fingerprint density at radius 3 is 2.32 bits per heavy atom. The van der Waals surface area contributed by atoms with Crippen LogP contribution in [0.25, 0.3) is 0 Å². The Hall–Kier alpha value is -2.20. The van der Waals surface area contributed by atoms with Gasteiger partial charge in [0.25, 0.3) is 0 Å². The van der Waals surface area contributed by atoms with E-state index < -0.39 is 0 Å². The maximum Gasteiger partial charge on any atom is 0.127 e. The highest BCUT2D eigenvalue weighted by Gasteiger charge is 2.33. The number of benzene rings is 3. The zero-order valence-electron chi connectivity index (χ0n) is 16.0. The van der Waals surface area contributed by atoms with Crippen molar-refractivity contribution in [2.45, 2.75) is 26.2 Å². The zero-order chi connectivity index (χ0) is 19.5. The van der Waals surface area contributed by atoms with Crippen LogP contribution in [0.4, 0.5) is 4.39 Å². The predicted octanol–water partition coefficient (Wildman–Crippen LogP) is 5.80. The number of hydrogen-bond donors (Lipinski definition) is 0. The highest BCUT2D eigenvalue weighted by atomic mass is 35.5. The minimum atomic E-state index is -0.149. The fraction of sp³-hybridized carbons (Fsp3) is 0.250. The molecule has 1 aliphatic rings. The third-order valence-electron chi connectivity index (χ3n) is 5.35. The summed E-state index contributed by atoms with van der Waals surface area (Å²) >= 11 is 6.28. The number of nitrogens with zero attached hydrogens (tertiary/aromatic N) is 2. The largest absolute Gasteiger partial charge is 0.279 e. The first-order chi connectivity index (χ1) is 13.6. The van der Waals surface area contributed by atoms with E-state index in [0.717, 1.165) is 35.8 Å². The lowest BCUT2D eigenvalue weighted by Crippen LogP contribution is -2.30. The molecule has 3 aromatic carbocycles. The molecule has 0 amide bonds. The van der Waals surface area contributed by atoms with Crippen LogP contribution in [0.5, 0.6) is 0 Å². The second kappa shape index (κ2) is 8.44. The van der Waals surface area contributed by atoms with Crippen molar-refractivity contribution < 1.29 is 4.39 Å². The molecule has 2 nitrogen and oxygen atoms in total. The Morgan fingerprint density at radius 1 is 0.893 bits per heavy atom. The van der Waals surface area contributed by atoms with Gasteiger partial charge in [0.1, 0.15) is 5.82 Å². The van der Waals surface area contributed by atoms with Gasteiger partial charge in [0, 0.05) is 36.8 Å². The van der Waals surface area contributed by atoms with E-state index in [1.807, 2.05) is 30.3 Å². The van der Waals surface area contributed by atoms with E-state index in [1.54, 1.807) is 6.07 Å². The van der Waals surface area contributed by atoms with E-state index in [2.05, 4.69) is 47.1 Å². The number of hydrogen-bond acceptors (Lipinski definition) is 2. The average Bonchev–Trinajstić information content (AvgIpc) is 3.07. The van der Waals surface area contributed by atoms with E-state index >= 15 is 0 Å². The fourth-order valence-electron chi connectivity index (χ4n) is 3.93. The molecule has 0 spiro atoms. The van der Waals surface area contributed by atoms with Crippen LogP contribution in [0.3, 0.4) is 0 Å². The van der Waals surface area contributed by atoms with Crippen molar-refractivity contribution in [2.24, 2.45) is 0 Å². The highest BCUT2D eigenvalue weighted by molar-refractivity contribution is 6.30. The molecule has 4 heteroatoms. The molecule has 0 saturated carbocycles. The van der Waals surface area contributed by atoms with Crippen molar-refractivity contribution in [1.29, 1.82) is 0 Å². The van der Waals surface area contributed by atoms with Gasteiger partial charge >= 0.3 is 0 Å². The molecule has 0 N–H and O–H groups in total. The highest BCUT2D eigenvalue weighted by Crippen LogP contribution is 2.34. The molecule has 28 heavy (non-hydrogen) atoms. The Kier molecular flexibility index (Phi) is 5.77. The lowest BCUT2D eigenvalue weighted by molar-refractivity contribution is 0.125. The molecule has 1 heterocycles. The van der Waals surface area contributed by atoms with E-state index in [9.17, 15) is 4.39 Å². The number of aryl methyl sites for hydroxylation is 1. The molecule has 0 radical (unpaired) electrons. The summed E-state index contributed by atoms with van der Waals surface area (Å²) in [5, 5.41) is 0.727. The molecular weight excluding hydrogens is 371 g/mol. The Labute approximate surface area is 171 Å². The quantitative estimate of drug-likeness (QED) is 0.539. The minimum Gasteiger partial charge on any atom is -0.279 e. The SMILES string of the molecule is Cc1ccc(CN2CCN(Cc3ccccc3F)[C@H]2c2cccc(Cl)c2)cc1. The molecule has 3 aromatic rings. The molecule has 4 rings (SSSR count). The first-order valence-corrected chi connectivity index (χ1v) is 10.0. The second-order valence-electron chi connectivity index (χ2n) is 7.45. The summed E-state index contributed by atoms with van der Waals surface area (Å²) in [6, 6.07) is 23.7. The second-order valence-corrected chi connectivity index (χ2v) is 7.88. The van der Waals surface area contributed by atoms with E-state index in [1.165, 1.54) is 17.2 Å². The summed E-state index contributed by atoms with van der Waals surface area (Å²) in [4.78, 5) is 4.77. The molecule has 0 unspecified atom stereocenters. The summed E-state index contributed by atoms with van der Waals surface area (Å²) in [5.41, 5.74) is 4.42.